The first-order valence-electron chi connectivity index (χ1n) is 9.88. The standard InChI is InChI=1S/C24H26N4O/c1-3-16-26-24(29)18-27-28(23-11-7-8-17-25-23)22(4-2)21-14-12-19-9-5-6-10-20(19)13-15-21/h4-12,14-15,17-18H,3,13,16H2,1-2H3,(H,26,29)/b22-4-,27-18+. The number of benzene rings is 1. The van der Waals surface area contributed by atoms with Crippen LogP contribution in [0.3, 0.4) is 0 Å². The molecule has 0 aliphatic heterocycles. The third-order valence-corrected chi connectivity index (χ3v) is 4.54. The van der Waals surface area contributed by atoms with Crippen molar-refractivity contribution in [2.24, 2.45) is 5.10 Å². The predicted octanol–water partition coefficient (Wildman–Crippen LogP) is 4.50. The summed E-state index contributed by atoms with van der Waals surface area (Å²) in [5.74, 6) is 0.428. The van der Waals surface area contributed by atoms with Crippen molar-refractivity contribution in [1.82, 2.24) is 10.3 Å². The summed E-state index contributed by atoms with van der Waals surface area (Å²) in [5.41, 5.74) is 4.38. The van der Waals surface area contributed by atoms with E-state index in [4.69, 9.17) is 0 Å². The number of anilines is 1. The largest absolute Gasteiger partial charge is 0.351 e. The lowest BCUT2D eigenvalue weighted by Crippen LogP contribution is -2.27. The molecule has 29 heavy (non-hydrogen) atoms. The van der Waals surface area contributed by atoms with E-state index in [-0.39, 0.29) is 5.91 Å². The lowest BCUT2D eigenvalue weighted by molar-refractivity contribution is -0.114. The molecular weight excluding hydrogens is 360 g/mol. The maximum atomic E-state index is 12.1. The van der Waals surface area contributed by atoms with Gasteiger partial charge in [0.2, 0.25) is 0 Å². The second kappa shape index (κ2) is 10.2. The lowest BCUT2D eigenvalue weighted by atomic mass is 10.1. The fourth-order valence-electron chi connectivity index (χ4n) is 3.08. The molecule has 5 nitrogen and oxygen atoms in total. The molecule has 3 rings (SSSR count). The van der Waals surface area contributed by atoms with E-state index in [1.807, 2.05) is 44.2 Å². The molecule has 0 unspecified atom stereocenters. The zero-order valence-corrected chi connectivity index (χ0v) is 16.9. The van der Waals surface area contributed by atoms with Gasteiger partial charge in [0.1, 0.15) is 6.21 Å². The van der Waals surface area contributed by atoms with Crippen LogP contribution < -0.4 is 10.3 Å². The Balaban J connectivity index is 1.92. The molecule has 5 heteroatoms. The highest BCUT2D eigenvalue weighted by Gasteiger charge is 2.16. The highest BCUT2D eigenvalue weighted by atomic mass is 16.1. The molecule has 1 aliphatic carbocycles. The van der Waals surface area contributed by atoms with E-state index < -0.39 is 0 Å². The highest BCUT2D eigenvalue weighted by molar-refractivity contribution is 6.26. The van der Waals surface area contributed by atoms with Gasteiger partial charge in [-0.15, -0.1) is 0 Å². The SMILES string of the molecule is C/C=C(/C1=CCc2ccccc2C=C1)N(/N=C/C(=O)NCCC)c1ccccn1. The number of amides is 1. The number of nitrogens with zero attached hydrogens (tertiary/aromatic N) is 3. The van der Waals surface area contributed by atoms with Crippen LogP contribution in [0.15, 0.2) is 83.3 Å². The van der Waals surface area contributed by atoms with Crippen LogP contribution >= 0.6 is 0 Å². The number of nitrogens with one attached hydrogen (secondary N) is 1. The number of carbonyl (C=O) groups excluding carboxylic acids is 1. The zero-order chi connectivity index (χ0) is 20.5. The van der Waals surface area contributed by atoms with Gasteiger partial charge in [-0.05, 0) is 48.6 Å². The van der Waals surface area contributed by atoms with Gasteiger partial charge in [0.05, 0.1) is 5.70 Å². The van der Waals surface area contributed by atoms with Crippen LogP contribution in [-0.2, 0) is 11.2 Å². The maximum Gasteiger partial charge on any atom is 0.264 e. The molecule has 0 radical (unpaired) electrons. The average Bonchev–Trinajstić information content (AvgIpc) is 2.98. The molecule has 0 atom stereocenters. The molecule has 0 saturated carbocycles. The maximum absolute atomic E-state index is 12.1. The third kappa shape index (κ3) is 5.29. The Bertz CT molecular complexity index is 958. The van der Waals surface area contributed by atoms with Crippen molar-refractivity contribution in [1.29, 1.82) is 0 Å². The average molecular weight is 386 g/mol. The van der Waals surface area contributed by atoms with Gasteiger partial charge < -0.3 is 5.32 Å². The summed E-state index contributed by atoms with van der Waals surface area (Å²) in [7, 11) is 0. The van der Waals surface area contributed by atoms with E-state index in [9.17, 15) is 4.79 Å². The topological polar surface area (TPSA) is 57.6 Å². The minimum Gasteiger partial charge on any atom is -0.351 e. The van der Waals surface area contributed by atoms with Gasteiger partial charge in [0, 0.05) is 12.7 Å². The van der Waals surface area contributed by atoms with Crippen molar-refractivity contribution in [2.75, 3.05) is 11.6 Å². The first kappa shape index (κ1) is 20.3. The number of hydrazone groups is 1. The van der Waals surface area contributed by atoms with E-state index in [1.165, 1.54) is 17.3 Å². The molecule has 1 amide bonds. The van der Waals surface area contributed by atoms with Crippen LogP contribution in [0.1, 0.15) is 31.4 Å². The second-order valence-corrected chi connectivity index (χ2v) is 6.60. The van der Waals surface area contributed by atoms with Crippen LogP contribution in [0.25, 0.3) is 6.08 Å². The Kier molecular flexibility index (Phi) is 7.11. The Hall–Kier alpha value is -3.47. The normalized spacial score (nSPS) is 13.6. The van der Waals surface area contributed by atoms with Gasteiger partial charge in [-0.3, -0.25) is 4.79 Å². The van der Waals surface area contributed by atoms with Crippen molar-refractivity contribution >= 4 is 24.0 Å². The van der Waals surface area contributed by atoms with Crippen molar-refractivity contribution < 1.29 is 4.79 Å². The first-order valence-corrected chi connectivity index (χ1v) is 9.88. The quantitative estimate of drug-likeness (QED) is 0.563. The number of rotatable bonds is 7. The minimum absolute atomic E-state index is 0.221. The Morgan fingerprint density at radius 1 is 1.21 bits per heavy atom. The van der Waals surface area contributed by atoms with Gasteiger partial charge in [0.15, 0.2) is 5.82 Å². The van der Waals surface area contributed by atoms with Crippen molar-refractivity contribution in [3.63, 3.8) is 0 Å². The molecule has 1 aliphatic rings. The summed E-state index contributed by atoms with van der Waals surface area (Å²) in [6.07, 6.45) is 13.1. The van der Waals surface area contributed by atoms with E-state index in [0.29, 0.717) is 12.4 Å². The van der Waals surface area contributed by atoms with Crippen molar-refractivity contribution in [2.45, 2.75) is 26.7 Å². The van der Waals surface area contributed by atoms with Crippen molar-refractivity contribution in [3.8, 4) is 0 Å². The van der Waals surface area contributed by atoms with Crippen LogP contribution in [0, 0.1) is 0 Å². The van der Waals surface area contributed by atoms with Gasteiger partial charge >= 0.3 is 0 Å². The summed E-state index contributed by atoms with van der Waals surface area (Å²) in [5, 5.41) is 8.98. The molecule has 1 N–H and O–H groups in total. The molecule has 0 spiro atoms. The van der Waals surface area contributed by atoms with E-state index in [1.54, 1.807) is 11.2 Å². The Labute approximate surface area is 172 Å². The van der Waals surface area contributed by atoms with Crippen LogP contribution in [-0.4, -0.2) is 23.7 Å². The molecule has 148 valence electrons. The second-order valence-electron chi connectivity index (χ2n) is 6.60. The molecule has 0 saturated heterocycles. The number of pyridine rings is 1. The van der Waals surface area contributed by atoms with E-state index in [2.05, 4.69) is 51.8 Å². The van der Waals surface area contributed by atoms with Crippen LogP contribution in [0.4, 0.5) is 5.82 Å². The first-order chi connectivity index (χ1) is 14.2. The number of fused-ring (bicyclic) bond motifs is 1. The number of hydrogen-bond donors (Lipinski definition) is 1. The summed E-state index contributed by atoms with van der Waals surface area (Å²) in [6.45, 7) is 4.60. The summed E-state index contributed by atoms with van der Waals surface area (Å²) >= 11 is 0. The van der Waals surface area contributed by atoms with Gasteiger partial charge in [-0.1, -0.05) is 61.6 Å². The molecule has 2 aromatic rings. The minimum atomic E-state index is -0.221. The third-order valence-electron chi connectivity index (χ3n) is 4.54. The zero-order valence-electron chi connectivity index (χ0n) is 16.9. The number of hydrogen-bond acceptors (Lipinski definition) is 4. The van der Waals surface area contributed by atoms with E-state index >= 15 is 0 Å². The number of carbonyl (C=O) groups is 1. The van der Waals surface area contributed by atoms with Gasteiger partial charge in [-0.25, -0.2) is 9.99 Å². The predicted molar refractivity (Wildman–Crippen MR) is 120 cm³/mol. The molecule has 0 fully saturated rings. The smallest absolute Gasteiger partial charge is 0.264 e. The number of allylic oxidation sites excluding steroid dienone is 3. The monoisotopic (exact) mass is 386 g/mol. The molecule has 1 aromatic heterocycles. The molecule has 1 heterocycles. The molecule has 1 aromatic carbocycles. The van der Waals surface area contributed by atoms with E-state index in [0.717, 1.165) is 24.1 Å². The highest BCUT2D eigenvalue weighted by Crippen LogP contribution is 2.27. The number of aromatic nitrogens is 1. The molecule has 0 bridgehead atoms. The summed E-state index contributed by atoms with van der Waals surface area (Å²) < 4.78 is 0. The summed E-state index contributed by atoms with van der Waals surface area (Å²) in [6, 6.07) is 14.0. The van der Waals surface area contributed by atoms with Crippen LogP contribution in [0.2, 0.25) is 0 Å². The summed E-state index contributed by atoms with van der Waals surface area (Å²) in [4.78, 5) is 16.5. The van der Waals surface area contributed by atoms with Crippen LogP contribution in [0.5, 0.6) is 0 Å². The van der Waals surface area contributed by atoms with Gasteiger partial charge in [0.25, 0.3) is 5.91 Å². The Morgan fingerprint density at radius 3 is 2.79 bits per heavy atom. The van der Waals surface area contributed by atoms with Crippen molar-refractivity contribution in [3.05, 3.63) is 89.3 Å². The fourth-order valence-corrected chi connectivity index (χ4v) is 3.08. The lowest BCUT2D eigenvalue weighted by Gasteiger charge is -2.22. The Morgan fingerprint density at radius 2 is 2.03 bits per heavy atom. The van der Waals surface area contributed by atoms with Gasteiger partial charge in [-0.2, -0.15) is 5.10 Å². The fraction of sp³-hybridized carbons (Fsp3) is 0.208. The molecular formula is C24H26N4O.